The van der Waals surface area contributed by atoms with Gasteiger partial charge in [0.1, 0.15) is 59.6 Å². The Morgan fingerprint density at radius 3 is 2.12 bits per heavy atom. The largest absolute Gasteiger partial charge is 0.507 e. The van der Waals surface area contributed by atoms with Crippen LogP contribution in [0.1, 0.15) is 6.92 Å². The van der Waals surface area contributed by atoms with Crippen molar-refractivity contribution in [2.75, 3.05) is 6.61 Å². The molecular weight excluding hydrogens is 564 g/mol. The second-order valence-corrected chi connectivity index (χ2v) is 10.2. The van der Waals surface area contributed by atoms with Crippen LogP contribution in [0.3, 0.4) is 0 Å². The van der Waals surface area contributed by atoms with Crippen LogP contribution in [-0.2, 0) is 14.2 Å². The summed E-state index contributed by atoms with van der Waals surface area (Å²) in [6.07, 6.45) is -15.3. The van der Waals surface area contributed by atoms with Crippen molar-refractivity contribution in [2.45, 2.75) is 68.3 Å². The van der Waals surface area contributed by atoms with Crippen molar-refractivity contribution in [2.24, 2.45) is 0 Å². The van der Waals surface area contributed by atoms with Gasteiger partial charge in [-0.1, -0.05) is 0 Å². The summed E-state index contributed by atoms with van der Waals surface area (Å²) < 4.78 is 28.3. The van der Waals surface area contributed by atoms with Gasteiger partial charge in [-0.15, -0.1) is 0 Å². The molecule has 15 nitrogen and oxygen atoms in total. The molecule has 2 aromatic carbocycles. The molecule has 10 N–H and O–H groups in total. The summed E-state index contributed by atoms with van der Waals surface area (Å²) in [7, 11) is 0. The van der Waals surface area contributed by atoms with Crippen LogP contribution in [-0.4, -0.2) is 119 Å². The minimum atomic E-state index is -1.82. The minimum absolute atomic E-state index is 0.00170. The lowest BCUT2D eigenvalue weighted by molar-refractivity contribution is -0.318. The molecule has 2 saturated heterocycles. The molecule has 2 aliphatic rings. The van der Waals surface area contributed by atoms with Gasteiger partial charge in [-0.3, -0.25) is 0 Å². The number of phenolic OH excluding ortho intramolecular Hbond substituents is 4. The lowest BCUT2D eigenvalue weighted by atomic mass is 9.98. The second-order valence-electron chi connectivity index (χ2n) is 10.2. The maximum Gasteiger partial charge on any atom is 0.402 e. The summed E-state index contributed by atoms with van der Waals surface area (Å²) in [5.41, 5.74) is 0.163. The highest BCUT2D eigenvalue weighted by Gasteiger charge is 2.48. The molecule has 0 aliphatic carbocycles. The van der Waals surface area contributed by atoms with Crippen LogP contribution in [0.15, 0.2) is 40.8 Å². The van der Waals surface area contributed by atoms with E-state index in [9.17, 15) is 51.1 Å². The third-order valence-electron chi connectivity index (χ3n) is 7.20. The monoisotopic (exact) mass is 595 g/mol. The van der Waals surface area contributed by atoms with E-state index in [1.807, 2.05) is 0 Å². The molecule has 10 unspecified atom stereocenters. The van der Waals surface area contributed by atoms with E-state index < -0.39 is 85.3 Å². The molecule has 0 bridgehead atoms. The van der Waals surface area contributed by atoms with Crippen molar-refractivity contribution in [3.05, 3.63) is 36.4 Å². The first-order chi connectivity index (χ1) is 19.8. The number of fused-ring (bicyclic) bond motifs is 1. The third-order valence-corrected chi connectivity index (χ3v) is 7.20. The predicted molar refractivity (Wildman–Crippen MR) is 138 cm³/mol. The van der Waals surface area contributed by atoms with Crippen LogP contribution in [0.2, 0.25) is 0 Å². The molecule has 0 saturated carbocycles. The zero-order valence-corrected chi connectivity index (χ0v) is 22.0. The molecular formula is C27H31O15+. The van der Waals surface area contributed by atoms with Crippen LogP contribution in [0, 0.1) is 0 Å². The fraction of sp³-hybridized carbons (Fsp3) is 0.444. The van der Waals surface area contributed by atoms with Gasteiger partial charge in [-0.05, 0) is 19.1 Å². The highest BCUT2D eigenvalue weighted by molar-refractivity contribution is 5.88. The number of aromatic hydroxyl groups is 4. The minimum Gasteiger partial charge on any atom is -0.507 e. The molecule has 42 heavy (non-hydrogen) atoms. The highest BCUT2D eigenvalue weighted by Crippen LogP contribution is 2.42. The van der Waals surface area contributed by atoms with Crippen LogP contribution in [0.4, 0.5) is 0 Å². The summed E-state index contributed by atoms with van der Waals surface area (Å²) in [6.45, 7) is 0.925. The second kappa shape index (κ2) is 11.6. The highest BCUT2D eigenvalue weighted by atomic mass is 16.7. The Morgan fingerprint density at radius 1 is 0.714 bits per heavy atom. The van der Waals surface area contributed by atoms with E-state index in [-0.39, 0.29) is 33.8 Å². The SMILES string of the molecule is CC1OC(OCC2OC(Oc3cc4c(O)cc(O)cc4[o+]c3-c3ccc(O)c(O)c3)C(O)C(O)C2O)C(O)C(O)C1O. The van der Waals surface area contributed by atoms with Crippen molar-refractivity contribution in [3.63, 3.8) is 0 Å². The summed E-state index contributed by atoms with van der Waals surface area (Å²) in [6, 6.07) is 7.22. The van der Waals surface area contributed by atoms with Gasteiger partial charge in [0.15, 0.2) is 17.8 Å². The lowest BCUT2D eigenvalue weighted by Crippen LogP contribution is -2.61. The fourth-order valence-electron chi connectivity index (χ4n) is 4.76. The van der Waals surface area contributed by atoms with Gasteiger partial charge < -0.3 is 70.0 Å². The van der Waals surface area contributed by atoms with Gasteiger partial charge in [0.2, 0.25) is 12.0 Å². The molecule has 228 valence electrons. The maximum atomic E-state index is 10.7. The summed E-state index contributed by atoms with van der Waals surface area (Å²) >= 11 is 0. The number of aliphatic hydroxyl groups is 6. The number of hydrogen-bond donors (Lipinski definition) is 10. The average Bonchev–Trinajstić information content (AvgIpc) is 2.95. The van der Waals surface area contributed by atoms with E-state index in [1.54, 1.807) is 0 Å². The fourth-order valence-corrected chi connectivity index (χ4v) is 4.76. The van der Waals surface area contributed by atoms with Crippen LogP contribution in [0.5, 0.6) is 28.7 Å². The van der Waals surface area contributed by atoms with E-state index in [2.05, 4.69) is 0 Å². The predicted octanol–water partition coefficient (Wildman–Crippen LogP) is -0.766. The number of ether oxygens (including phenoxy) is 4. The van der Waals surface area contributed by atoms with Crippen molar-refractivity contribution >= 4 is 11.0 Å². The summed E-state index contributed by atoms with van der Waals surface area (Å²) in [5.74, 6) is -1.92. The number of hydrogen-bond acceptors (Lipinski definition) is 14. The summed E-state index contributed by atoms with van der Waals surface area (Å²) in [5, 5.41) is 102. The van der Waals surface area contributed by atoms with Gasteiger partial charge in [0, 0.05) is 18.2 Å². The Kier molecular flexibility index (Phi) is 8.30. The molecule has 2 aliphatic heterocycles. The smallest absolute Gasteiger partial charge is 0.402 e. The van der Waals surface area contributed by atoms with E-state index in [0.29, 0.717) is 0 Å². The number of aliphatic hydroxyl groups excluding tert-OH is 6. The molecule has 10 atom stereocenters. The number of phenols is 4. The van der Waals surface area contributed by atoms with Gasteiger partial charge in [0.25, 0.3) is 0 Å². The zero-order valence-electron chi connectivity index (χ0n) is 22.0. The van der Waals surface area contributed by atoms with Crippen molar-refractivity contribution in [3.8, 4) is 40.1 Å². The van der Waals surface area contributed by atoms with Gasteiger partial charge >= 0.3 is 11.3 Å². The van der Waals surface area contributed by atoms with Gasteiger partial charge in [-0.25, -0.2) is 4.42 Å². The van der Waals surface area contributed by atoms with E-state index in [4.69, 9.17) is 23.4 Å². The topological polar surface area (TPSA) is 251 Å². The molecule has 3 heterocycles. The quantitative estimate of drug-likeness (QED) is 0.124. The molecule has 2 fully saturated rings. The lowest BCUT2D eigenvalue weighted by Gasteiger charge is -2.42. The first kappa shape index (κ1) is 30.0. The van der Waals surface area contributed by atoms with Crippen LogP contribution in [0.25, 0.3) is 22.3 Å². The van der Waals surface area contributed by atoms with E-state index >= 15 is 0 Å². The Bertz CT molecular complexity index is 1430. The molecule has 1 aromatic heterocycles. The van der Waals surface area contributed by atoms with Crippen LogP contribution >= 0.6 is 0 Å². The summed E-state index contributed by atoms with van der Waals surface area (Å²) in [4.78, 5) is 0. The van der Waals surface area contributed by atoms with Crippen LogP contribution < -0.4 is 4.74 Å². The Labute approximate surface area is 237 Å². The molecule has 3 aromatic rings. The Hall–Kier alpha value is -3.51. The number of benzene rings is 2. The van der Waals surface area contributed by atoms with Gasteiger partial charge in [-0.2, -0.15) is 0 Å². The molecule has 0 amide bonds. The van der Waals surface area contributed by atoms with E-state index in [1.165, 1.54) is 31.2 Å². The zero-order chi connectivity index (χ0) is 30.5. The molecule has 0 radical (unpaired) electrons. The Balaban J connectivity index is 1.44. The maximum absolute atomic E-state index is 10.7. The first-order valence-corrected chi connectivity index (χ1v) is 12.9. The first-order valence-electron chi connectivity index (χ1n) is 12.9. The Morgan fingerprint density at radius 2 is 1.40 bits per heavy atom. The molecule has 5 rings (SSSR count). The van der Waals surface area contributed by atoms with Crippen molar-refractivity contribution in [1.82, 2.24) is 0 Å². The van der Waals surface area contributed by atoms with E-state index in [0.717, 1.165) is 12.1 Å². The normalized spacial score (nSPS) is 33.5. The van der Waals surface area contributed by atoms with Crippen molar-refractivity contribution < 1.29 is 74.4 Å². The number of rotatable bonds is 6. The third kappa shape index (κ3) is 5.61. The van der Waals surface area contributed by atoms with Gasteiger partial charge in [0.05, 0.1) is 24.3 Å². The standard InChI is InChI=1S/C27H30O15/c1-9-19(32)21(34)23(36)26(39-9)38-8-18-20(33)22(35)24(37)27(42-18)41-17-7-12-14(30)5-11(28)6-16(12)40-25(17)10-2-3-13(29)15(31)4-10/h2-7,9,18-24,26-27,32-37H,8H2,1H3,(H3-,28,29,30,31)/p+1. The molecule has 15 heteroatoms. The average molecular weight is 596 g/mol. The molecule has 0 spiro atoms. The van der Waals surface area contributed by atoms with Crippen molar-refractivity contribution in [1.29, 1.82) is 0 Å².